The highest BCUT2D eigenvalue weighted by Gasteiger charge is 2.18. The average Bonchev–Trinajstić information content (AvgIpc) is 3.14. The van der Waals surface area contributed by atoms with E-state index < -0.39 is 11.7 Å². The fraction of sp³-hybridized carbons (Fsp3) is 0.278. The molecule has 0 bridgehead atoms. The summed E-state index contributed by atoms with van der Waals surface area (Å²) in [4.78, 5) is 28.8. The van der Waals surface area contributed by atoms with Crippen LogP contribution in [0.4, 0.5) is 5.69 Å². The molecule has 9 nitrogen and oxygen atoms in total. The van der Waals surface area contributed by atoms with E-state index >= 15 is 0 Å². The number of anilines is 1. The SMILES string of the molecule is C=CCSc1ncccc1-c1nn(CC(=O)Nc2c(C)nn(C)c2C)c(=O)o1. The number of pyridine rings is 1. The van der Waals surface area contributed by atoms with Crippen molar-refractivity contribution in [2.45, 2.75) is 25.4 Å². The molecule has 0 saturated heterocycles. The van der Waals surface area contributed by atoms with Crippen LogP contribution < -0.4 is 11.1 Å². The first-order chi connectivity index (χ1) is 13.4. The number of aromatic nitrogens is 5. The molecule has 0 aliphatic carbocycles. The van der Waals surface area contributed by atoms with Gasteiger partial charge in [-0.3, -0.25) is 9.48 Å². The maximum Gasteiger partial charge on any atom is 0.437 e. The van der Waals surface area contributed by atoms with Crippen LogP contribution in [-0.4, -0.2) is 36.2 Å². The molecule has 1 amide bonds. The topological polar surface area (TPSA) is 108 Å². The van der Waals surface area contributed by atoms with Gasteiger partial charge in [-0.2, -0.15) is 9.78 Å². The zero-order chi connectivity index (χ0) is 20.3. The fourth-order valence-electron chi connectivity index (χ4n) is 2.59. The lowest BCUT2D eigenvalue weighted by Crippen LogP contribution is -2.26. The van der Waals surface area contributed by atoms with Crippen LogP contribution in [0.2, 0.25) is 0 Å². The predicted molar refractivity (Wildman–Crippen MR) is 106 cm³/mol. The summed E-state index contributed by atoms with van der Waals surface area (Å²) < 4.78 is 7.91. The second kappa shape index (κ2) is 8.26. The fourth-order valence-corrected chi connectivity index (χ4v) is 3.31. The lowest BCUT2D eigenvalue weighted by Gasteiger charge is -2.05. The highest BCUT2D eigenvalue weighted by molar-refractivity contribution is 7.99. The van der Waals surface area contributed by atoms with Crippen LogP contribution in [0, 0.1) is 13.8 Å². The summed E-state index contributed by atoms with van der Waals surface area (Å²) in [5.41, 5.74) is 2.73. The van der Waals surface area contributed by atoms with Crippen LogP contribution in [0.25, 0.3) is 11.5 Å². The predicted octanol–water partition coefficient (Wildman–Crippen LogP) is 2.17. The Balaban J connectivity index is 1.80. The second-order valence-corrected chi connectivity index (χ2v) is 7.01. The number of aryl methyl sites for hydroxylation is 2. The molecule has 10 heteroatoms. The van der Waals surface area contributed by atoms with Gasteiger partial charge in [-0.15, -0.1) is 23.4 Å². The molecule has 0 atom stereocenters. The first-order valence-electron chi connectivity index (χ1n) is 8.47. The number of nitrogens with one attached hydrogen (secondary N) is 1. The van der Waals surface area contributed by atoms with E-state index in [2.05, 4.69) is 27.1 Å². The Hall–Kier alpha value is -3.14. The molecule has 3 aromatic rings. The van der Waals surface area contributed by atoms with Crippen molar-refractivity contribution < 1.29 is 9.21 Å². The highest BCUT2D eigenvalue weighted by atomic mass is 32.2. The van der Waals surface area contributed by atoms with E-state index in [0.717, 1.165) is 10.4 Å². The molecular formula is C18H20N6O3S. The van der Waals surface area contributed by atoms with Gasteiger partial charge in [0, 0.05) is 19.0 Å². The first kappa shape index (κ1) is 19.6. The molecule has 0 saturated carbocycles. The number of carbonyl (C=O) groups is 1. The summed E-state index contributed by atoms with van der Waals surface area (Å²) in [6, 6.07) is 3.49. The quantitative estimate of drug-likeness (QED) is 0.478. The number of rotatable bonds is 7. The van der Waals surface area contributed by atoms with E-state index in [4.69, 9.17) is 4.42 Å². The van der Waals surface area contributed by atoms with Gasteiger partial charge < -0.3 is 9.73 Å². The summed E-state index contributed by atoms with van der Waals surface area (Å²) in [5.74, 6) is -0.339. The normalized spacial score (nSPS) is 10.8. The monoisotopic (exact) mass is 400 g/mol. The van der Waals surface area contributed by atoms with E-state index in [-0.39, 0.29) is 12.4 Å². The standard InChI is InChI=1S/C18H20N6O3S/c1-5-9-28-17-13(7-6-8-19-17)16-22-24(18(26)27-16)10-14(25)20-15-11(2)21-23(4)12(15)3/h5-8H,1,9-10H2,2-4H3,(H,20,25). The van der Waals surface area contributed by atoms with E-state index in [1.54, 1.807) is 43.1 Å². The van der Waals surface area contributed by atoms with Crippen molar-refractivity contribution in [2.24, 2.45) is 7.05 Å². The van der Waals surface area contributed by atoms with Crippen molar-refractivity contribution in [3.63, 3.8) is 0 Å². The van der Waals surface area contributed by atoms with Gasteiger partial charge in [0.2, 0.25) is 5.91 Å². The van der Waals surface area contributed by atoms with Gasteiger partial charge in [0.25, 0.3) is 5.89 Å². The van der Waals surface area contributed by atoms with Crippen LogP contribution in [-0.2, 0) is 18.4 Å². The molecule has 0 aliphatic heterocycles. The van der Waals surface area contributed by atoms with Crippen LogP contribution in [0.15, 0.2) is 45.2 Å². The van der Waals surface area contributed by atoms with Crippen molar-refractivity contribution in [1.29, 1.82) is 0 Å². The first-order valence-corrected chi connectivity index (χ1v) is 9.46. The average molecular weight is 400 g/mol. The lowest BCUT2D eigenvalue weighted by molar-refractivity contribution is -0.117. The molecule has 0 radical (unpaired) electrons. The molecule has 1 N–H and O–H groups in total. The molecule has 0 spiro atoms. The van der Waals surface area contributed by atoms with Crippen molar-refractivity contribution in [1.82, 2.24) is 24.5 Å². The zero-order valence-electron chi connectivity index (χ0n) is 15.8. The van der Waals surface area contributed by atoms with Gasteiger partial charge in [0.15, 0.2) is 0 Å². The third-order valence-corrected chi connectivity index (χ3v) is 5.01. The largest absolute Gasteiger partial charge is 0.437 e. The number of amides is 1. The minimum Gasteiger partial charge on any atom is -0.387 e. The van der Waals surface area contributed by atoms with Crippen molar-refractivity contribution in [3.8, 4) is 11.5 Å². The number of hydrogen-bond donors (Lipinski definition) is 1. The summed E-state index contributed by atoms with van der Waals surface area (Å²) in [6.07, 6.45) is 3.40. The third kappa shape index (κ3) is 4.06. The third-order valence-electron chi connectivity index (χ3n) is 4.01. The second-order valence-electron chi connectivity index (χ2n) is 6.00. The summed E-state index contributed by atoms with van der Waals surface area (Å²) in [6.45, 7) is 7.06. The number of thioether (sulfide) groups is 1. The molecule has 3 heterocycles. The Labute approximate surface area is 165 Å². The van der Waals surface area contributed by atoms with Crippen LogP contribution in [0.5, 0.6) is 0 Å². The van der Waals surface area contributed by atoms with E-state index in [0.29, 0.717) is 27.7 Å². The van der Waals surface area contributed by atoms with E-state index in [9.17, 15) is 9.59 Å². The van der Waals surface area contributed by atoms with Crippen molar-refractivity contribution >= 4 is 23.4 Å². The van der Waals surface area contributed by atoms with Crippen LogP contribution in [0.3, 0.4) is 0 Å². The lowest BCUT2D eigenvalue weighted by atomic mass is 10.3. The van der Waals surface area contributed by atoms with Gasteiger partial charge >= 0.3 is 5.76 Å². The number of nitrogens with zero attached hydrogens (tertiary/aromatic N) is 5. The van der Waals surface area contributed by atoms with Gasteiger partial charge in [0.05, 0.1) is 22.6 Å². The maximum absolute atomic E-state index is 12.4. The molecular weight excluding hydrogens is 380 g/mol. The van der Waals surface area contributed by atoms with Crippen molar-refractivity contribution in [3.05, 3.63) is 52.9 Å². The molecule has 3 rings (SSSR count). The molecule has 0 unspecified atom stereocenters. The molecule has 28 heavy (non-hydrogen) atoms. The molecule has 0 fully saturated rings. The Morgan fingerprint density at radius 3 is 2.86 bits per heavy atom. The zero-order valence-corrected chi connectivity index (χ0v) is 16.6. The summed E-state index contributed by atoms with van der Waals surface area (Å²) in [5, 5.41) is 11.8. The maximum atomic E-state index is 12.4. The minimum absolute atomic E-state index is 0.117. The molecule has 0 aliphatic rings. The smallest absolute Gasteiger partial charge is 0.387 e. The van der Waals surface area contributed by atoms with E-state index in [1.807, 2.05) is 6.92 Å². The summed E-state index contributed by atoms with van der Waals surface area (Å²) in [7, 11) is 1.79. The molecule has 3 aromatic heterocycles. The molecule has 146 valence electrons. The van der Waals surface area contributed by atoms with Crippen molar-refractivity contribution in [2.75, 3.05) is 11.1 Å². The van der Waals surface area contributed by atoms with Gasteiger partial charge in [-0.25, -0.2) is 9.78 Å². The van der Waals surface area contributed by atoms with Gasteiger partial charge in [-0.05, 0) is 26.0 Å². The van der Waals surface area contributed by atoms with Crippen LogP contribution in [0.1, 0.15) is 11.4 Å². The van der Waals surface area contributed by atoms with Gasteiger partial charge in [-0.1, -0.05) is 6.08 Å². The Bertz CT molecular complexity index is 1080. The number of hydrogen-bond acceptors (Lipinski definition) is 7. The van der Waals surface area contributed by atoms with Gasteiger partial charge in [0.1, 0.15) is 11.6 Å². The Kier molecular flexibility index (Phi) is 5.78. The number of carbonyl (C=O) groups excluding carboxylic acids is 1. The Morgan fingerprint density at radius 1 is 1.39 bits per heavy atom. The minimum atomic E-state index is -0.715. The van der Waals surface area contributed by atoms with E-state index in [1.165, 1.54) is 11.8 Å². The molecule has 0 aromatic carbocycles. The van der Waals surface area contributed by atoms with Crippen LogP contribution >= 0.6 is 11.8 Å². The Morgan fingerprint density at radius 2 is 2.18 bits per heavy atom. The summed E-state index contributed by atoms with van der Waals surface area (Å²) >= 11 is 1.45. The highest BCUT2D eigenvalue weighted by Crippen LogP contribution is 2.27.